The van der Waals surface area contributed by atoms with E-state index >= 15 is 0 Å². The van der Waals surface area contributed by atoms with Gasteiger partial charge in [0.15, 0.2) is 0 Å². The van der Waals surface area contributed by atoms with E-state index in [1.54, 1.807) is 10.7 Å². The number of nitrogens with zero attached hydrogens (tertiary/aromatic N) is 4. The lowest BCUT2D eigenvalue weighted by atomic mass is 9.96. The lowest BCUT2D eigenvalue weighted by Gasteiger charge is -2.33. The molecule has 1 aliphatic heterocycles. The lowest BCUT2D eigenvalue weighted by Crippen LogP contribution is -2.41. The van der Waals surface area contributed by atoms with Gasteiger partial charge >= 0.3 is 0 Å². The Morgan fingerprint density at radius 3 is 2.63 bits per heavy atom. The largest absolute Gasteiger partial charge is 0.337 e. The van der Waals surface area contributed by atoms with Gasteiger partial charge < -0.3 is 9.80 Å². The number of piperidine rings is 1. The molecule has 3 aromatic rings. The zero-order valence-corrected chi connectivity index (χ0v) is 15.8. The van der Waals surface area contributed by atoms with Crippen molar-refractivity contribution < 1.29 is 4.79 Å². The maximum atomic E-state index is 12.9. The fourth-order valence-electron chi connectivity index (χ4n) is 3.99. The molecule has 0 bridgehead atoms. The van der Waals surface area contributed by atoms with Crippen LogP contribution in [0.15, 0.2) is 60.8 Å². The third kappa shape index (κ3) is 4.03. The smallest absolute Gasteiger partial charge is 0.272 e. The van der Waals surface area contributed by atoms with Crippen molar-refractivity contribution in [1.82, 2.24) is 19.4 Å². The molecule has 0 unspecified atom stereocenters. The first kappa shape index (κ1) is 17.7. The van der Waals surface area contributed by atoms with Gasteiger partial charge in [-0.3, -0.25) is 4.79 Å². The van der Waals surface area contributed by atoms with Gasteiger partial charge in [0.2, 0.25) is 0 Å². The predicted molar refractivity (Wildman–Crippen MR) is 107 cm³/mol. The quantitative estimate of drug-likeness (QED) is 0.699. The zero-order chi connectivity index (χ0) is 18.6. The minimum Gasteiger partial charge on any atom is -0.337 e. The van der Waals surface area contributed by atoms with E-state index in [0.717, 1.165) is 44.5 Å². The standard InChI is InChI=1S/C22H26N4O/c1-24(16-18-6-3-2-4-7-18)17-19-11-14-25(15-12-19)22(27)21-10-9-20-8-5-13-23-26(20)21/h2-10,13,19H,11-12,14-17H2,1H3. The van der Waals surface area contributed by atoms with Crippen LogP contribution in [0.1, 0.15) is 28.9 Å². The Hall–Kier alpha value is -2.66. The van der Waals surface area contributed by atoms with Gasteiger partial charge in [-0.1, -0.05) is 30.3 Å². The van der Waals surface area contributed by atoms with Gasteiger partial charge in [0.05, 0.1) is 5.52 Å². The maximum Gasteiger partial charge on any atom is 0.272 e. The molecule has 140 valence electrons. The molecule has 0 atom stereocenters. The average Bonchev–Trinajstić information content (AvgIpc) is 3.13. The molecule has 1 amide bonds. The Kier molecular flexibility index (Phi) is 5.21. The molecule has 4 rings (SSSR count). The van der Waals surface area contributed by atoms with E-state index < -0.39 is 0 Å². The predicted octanol–water partition coefficient (Wildman–Crippen LogP) is 3.32. The Morgan fingerprint density at radius 2 is 1.85 bits per heavy atom. The first-order valence-corrected chi connectivity index (χ1v) is 9.65. The summed E-state index contributed by atoms with van der Waals surface area (Å²) in [5, 5.41) is 4.31. The summed E-state index contributed by atoms with van der Waals surface area (Å²) in [6.45, 7) is 3.69. The molecule has 0 N–H and O–H groups in total. The van der Waals surface area contributed by atoms with Crippen LogP contribution in [0, 0.1) is 5.92 Å². The van der Waals surface area contributed by atoms with Gasteiger partial charge in [0.1, 0.15) is 5.69 Å². The molecule has 27 heavy (non-hydrogen) atoms. The molecule has 0 spiro atoms. The monoisotopic (exact) mass is 362 g/mol. The molecule has 3 heterocycles. The van der Waals surface area contributed by atoms with Crippen LogP contribution >= 0.6 is 0 Å². The van der Waals surface area contributed by atoms with E-state index in [1.807, 2.05) is 29.2 Å². The molecule has 1 fully saturated rings. The van der Waals surface area contributed by atoms with Gasteiger partial charge in [-0.2, -0.15) is 5.10 Å². The van der Waals surface area contributed by atoms with Crippen molar-refractivity contribution in [1.29, 1.82) is 0 Å². The number of hydrogen-bond acceptors (Lipinski definition) is 3. The molecular weight excluding hydrogens is 336 g/mol. The topological polar surface area (TPSA) is 40.8 Å². The second kappa shape index (κ2) is 7.92. The van der Waals surface area contributed by atoms with Crippen LogP contribution in [0.25, 0.3) is 5.52 Å². The third-order valence-corrected chi connectivity index (χ3v) is 5.41. The van der Waals surface area contributed by atoms with Crippen molar-refractivity contribution in [3.8, 4) is 0 Å². The first-order chi connectivity index (χ1) is 13.2. The summed E-state index contributed by atoms with van der Waals surface area (Å²) in [7, 11) is 2.18. The second-order valence-electron chi connectivity index (χ2n) is 7.50. The molecule has 1 aromatic carbocycles. The lowest BCUT2D eigenvalue weighted by molar-refractivity contribution is 0.0664. The second-order valence-corrected chi connectivity index (χ2v) is 7.50. The number of benzene rings is 1. The van der Waals surface area contributed by atoms with Gasteiger partial charge in [0.25, 0.3) is 5.91 Å². The number of fused-ring (bicyclic) bond motifs is 1. The molecule has 0 aliphatic carbocycles. The van der Waals surface area contributed by atoms with Gasteiger partial charge in [-0.15, -0.1) is 0 Å². The van der Waals surface area contributed by atoms with E-state index in [0.29, 0.717) is 11.6 Å². The Morgan fingerprint density at radius 1 is 1.07 bits per heavy atom. The number of likely N-dealkylation sites (tertiary alicyclic amines) is 1. The van der Waals surface area contributed by atoms with Crippen molar-refractivity contribution in [3.05, 3.63) is 72.1 Å². The molecular formula is C22H26N4O. The van der Waals surface area contributed by atoms with Gasteiger partial charge in [-0.25, -0.2) is 4.52 Å². The van der Waals surface area contributed by atoms with Crippen molar-refractivity contribution in [3.63, 3.8) is 0 Å². The average molecular weight is 362 g/mol. The van der Waals surface area contributed by atoms with E-state index in [-0.39, 0.29) is 5.91 Å². The Bertz CT molecular complexity index is 897. The normalized spacial score (nSPS) is 15.6. The molecule has 0 radical (unpaired) electrons. The van der Waals surface area contributed by atoms with Crippen molar-refractivity contribution in [2.45, 2.75) is 19.4 Å². The summed E-state index contributed by atoms with van der Waals surface area (Å²) in [5.41, 5.74) is 2.96. The van der Waals surface area contributed by atoms with Crippen LogP contribution in [0.5, 0.6) is 0 Å². The molecule has 1 aliphatic rings. The number of hydrogen-bond donors (Lipinski definition) is 0. The van der Waals surface area contributed by atoms with Crippen LogP contribution in [0.3, 0.4) is 0 Å². The third-order valence-electron chi connectivity index (χ3n) is 5.41. The highest BCUT2D eigenvalue weighted by Crippen LogP contribution is 2.21. The van der Waals surface area contributed by atoms with Gasteiger partial charge in [-0.05, 0) is 55.6 Å². The Balaban J connectivity index is 1.31. The van der Waals surface area contributed by atoms with E-state index in [1.165, 1.54) is 5.56 Å². The number of aromatic nitrogens is 2. The minimum absolute atomic E-state index is 0.0878. The number of rotatable bonds is 5. The van der Waals surface area contributed by atoms with E-state index in [2.05, 4.69) is 47.4 Å². The molecule has 5 heteroatoms. The summed E-state index contributed by atoms with van der Waals surface area (Å²) in [5.74, 6) is 0.731. The SMILES string of the molecule is CN(Cc1ccccc1)CC1CCN(C(=O)c2ccc3cccnn23)CC1. The summed E-state index contributed by atoms with van der Waals surface area (Å²) in [4.78, 5) is 17.3. The maximum absolute atomic E-state index is 12.9. The molecule has 0 saturated carbocycles. The van der Waals surface area contributed by atoms with Crippen LogP contribution in [-0.4, -0.2) is 52.0 Å². The van der Waals surface area contributed by atoms with Crippen LogP contribution in [0.4, 0.5) is 0 Å². The summed E-state index contributed by atoms with van der Waals surface area (Å²) in [6, 6.07) is 18.3. The van der Waals surface area contributed by atoms with Crippen molar-refractivity contribution >= 4 is 11.4 Å². The van der Waals surface area contributed by atoms with Crippen LogP contribution in [0.2, 0.25) is 0 Å². The molecule has 2 aromatic heterocycles. The highest BCUT2D eigenvalue weighted by atomic mass is 16.2. The van der Waals surface area contributed by atoms with Crippen molar-refractivity contribution in [2.75, 3.05) is 26.7 Å². The number of carbonyl (C=O) groups excluding carboxylic acids is 1. The highest BCUT2D eigenvalue weighted by Gasteiger charge is 2.26. The molecule has 1 saturated heterocycles. The summed E-state index contributed by atoms with van der Waals surface area (Å²) >= 11 is 0. The van der Waals surface area contributed by atoms with Crippen molar-refractivity contribution in [2.24, 2.45) is 5.92 Å². The zero-order valence-electron chi connectivity index (χ0n) is 15.8. The van der Waals surface area contributed by atoms with E-state index in [4.69, 9.17) is 0 Å². The first-order valence-electron chi connectivity index (χ1n) is 9.65. The number of carbonyl (C=O) groups is 1. The summed E-state index contributed by atoms with van der Waals surface area (Å²) in [6.07, 6.45) is 3.84. The fourth-order valence-corrected chi connectivity index (χ4v) is 3.99. The van der Waals surface area contributed by atoms with Gasteiger partial charge in [0, 0.05) is 32.4 Å². The van der Waals surface area contributed by atoms with Crippen LogP contribution in [-0.2, 0) is 6.54 Å². The summed E-state index contributed by atoms with van der Waals surface area (Å²) < 4.78 is 1.74. The highest BCUT2D eigenvalue weighted by molar-refractivity contribution is 5.93. The van der Waals surface area contributed by atoms with E-state index in [9.17, 15) is 4.79 Å². The number of amides is 1. The molecule has 5 nitrogen and oxygen atoms in total. The Labute approximate surface area is 160 Å². The fraction of sp³-hybridized carbons (Fsp3) is 0.364. The van der Waals surface area contributed by atoms with Crippen LogP contribution < -0.4 is 0 Å². The minimum atomic E-state index is 0.0878.